The van der Waals surface area contributed by atoms with Crippen molar-refractivity contribution >= 4 is 5.69 Å². The van der Waals surface area contributed by atoms with Gasteiger partial charge in [-0.25, -0.2) is 0 Å². The van der Waals surface area contributed by atoms with Crippen LogP contribution in [0.5, 0.6) is 0 Å². The number of anilines is 1. The lowest BCUT2D eigenvalue weighted by molar-refractivity contribution is -0.137. The van der Waals surface area contributed by atoms with Crippen LogP contribution in [0.2, 0.25) is 0 Å². The van der Waals surface area contributed by atoms with Gasteiger partial charge in [-0.1, -0.05) is 0 Å². The molecule has 0 radical (unpaired) electrons. The van der Waals surface area contributed by atoms with Gasteiger partial charge in [0.2, 0.25) is 0 Å². The van der Waals surface area contributed by atoms with E-state index in [1.807, 2.05) is 11.0 Å². The summed E-state index contributed by atoms with van der Waals surface area (Å²) < 4.78 is 38.0. The van der Waals surface area contributed by atoms with Crippen molar-refractivity contribution in [2.24, 2.45) is 5.92 Å². The molecular formula is C15H17F3N2O. The number of rotatable bonds is 2. The van der Waals surface area contributed by atoms with Crippen LogP contribution < -0.4 is 4.90 Å². The van der Waals surface area contributed by atoms with E-state index < -0.39 is 11.7 Å². The summed E-state index contributed by atoms with van der Waals surface area (Å²) in [5.41, 5.74) is -0.225. The third kappa shape index (κ3) is 3.48. The molecule has 2 rings (SSSR count). The lowest BCUT2D eigenvalue weighted by atomic mass is 9.91. The molecule has 0 aromatic heterocycles. The van der Waals surface area contributed by atoms with Crippen molar-refractivity contribution < 1.29 is 18.3 Å². The summed E-state index contributed by atoms with van der Waals surface area (Å²) in [5.74, 6) is 0.209. The second-order valence-electron chi connectivity index (χ2n) is 5.41. The Balaban J connectivity index is 2.20. The highest BCUT2D eigenvalue weighted by Crippen LogP contribution is 2.34. The van der Waals surface area contributed by atoms with Gasteiger partial charge in [0.15, 0.2) is 0 Å². The van der Waals surface area contributed by atoms with E-state index in [1.54, 1.807) is 6.92 Å². The Morgan fingerprint density at radius 1 is 1.33 bits per heavy atom. The average Bonchev–Trinajstić information content (AvgIpc) is 2.45. The molecule has 114 valence electrons. The van der Waals surface area contributed by atoms with Gasteiger partial charge in [0, 0.05) is 13.1 Å². The van der Waals surface area contributed by atoms with Gasteiger partial charge in [0.25, 0.3) is 0 Å². The van der Waals surface area contributed by atoms with Gasteiger partial charge in [0.05, 0.1) is 22.9 Å². The Hall–Kier alpha value is -1.74. The van der Waals surface area contributed by atoms with Crippen molar-refractivity contribution in [3.63, 3.8) is 0 Å². The summed E-state index contributed by atoms with van der Waals surface area (Å²) in [4.78, 5) is 1.91. The van der Waals surface area contributed by atoms with Crippen molar-refractivity contribution in [1.29, 1.82) is 5.26 Å². The molecule has 0 amide bonds. The number of aliphatic hydroxyl groups excluding tert-OH is 1. The molecular weight excluding hydrogens is 281 g/mol. The van der Waals surface area contributed by atoms with Crippen LogP contribution in [0.3, 0.4) is 0 Å². The summed E-state index contributed by atoms with van der Waals surface area (Å²) in [6, 6.07) is 5.12. The van der Waals surface area contributed by atoms with E-state index in [4.69, 9.17) is 5.26 Å². The largest absolute Gasteiger partial charge is 0.416 e. The van der Waals surface area contributed by atoms with E-state index in [0.717, 1.165) is 25.0 Å². The monoisotopic (exact) mass is 298 g/mol. The molecule has 0 bridgehead atoms. The number of piperidine rings is 1. The van der Waals surface area contributed by atoms with Crippen LogP contribution in [0, 0.1) is 17.2 Å². The molecule has 1 unspecified atom stereocenters. The number of aliphatic hydroxyl groups is 1. The third-order valence-electron chi connectivity index (χ3n) is 4.01. The fourth-order valence-corrected chi connectivity index (χ4v) is 2.70. The van der Waals surface area contributed by atoms with Crippen LogP contribution in [-0.4, -0.2) is 24.3 Å². The normalized spacial score (nSPS) is 18.4. The quantitative estimate of drug-likeness (QED) is 0.912. The second kappa shape index (κ2) is 5.94. The first-order chi connectivity index (χ1) is 9.82. The fourth-order valence-electron chi connectivity index (χ4n) is 2.70. The SMILES string of the molecule is CC(O)C1CCN(c2ccc(C(F)(F)F)cc2C#N)CC1. The number of halogens is 3. The Morgan fingerprint density at radius 3 is 2.43 bits per heavy atom. The highest BCUT2D eigenvalue weighted by atomic mass is 19.4. The number of hydrogen-bond donors (Lipinski definition) is 1. The third-order valence-corrected chi connectivity index (χ3v) is 4.01. The maximum Gasteiger partial charge on any atom is 0.416 e. The van der Waals surface area contributed by atoms with Crippen LogP contribution in [0.1, 0.15) is 30.9 Å². The molecule has 3 nitrogen and oxygen atoms in total. The van der Waals surface area contributed by atoms with E-state index in [-0.39, 0.29) is 17.6 Å². The standard InChI is InChI=1S/C15H17F3N2O/c1-10(21)11-4-6-20(7-5-11)14-3-2-13(15(16,17)18)8-12(14)9-19/h2-3,8,10-11,21H,4-7H2,1H3. The first kappa shape index (κ1) is 15.6. The fraction of sp³-hybridized carbons (Fsp3) is 0.533. The van der Waals surface area contributed by atoms with Crippen LogP contribution in [0.25, 0.3) is 0 Å². The van der Waals surface area contributed by atoms with E-state index in [2.05, 4.69) is 0 Å². The highest BCUT2D eigenvalue weighted by Gasteiger charge is 2.32. The molecule has 0 saturated carbocycles. The molecule has 0 aliphatic carbocycles. The predicted octanol–water partition coefficient (Wildman–Crippen LogP) is 3.17. The first-order valence-electron chi connectivity index (χ1n) is 6.87. The number of benzene rings is 1. The first-order valence-corrected chi connectivity index (χ1v) is 6.87. The van der Waals surface area contributed by atoms with Crippen LogP contribution in [-0.2, 0) is 6.18 Å². The van der Waals surface area contributed by atoms with Gasteiger partial charge in [-0.05, 0) is 43.9 Å². The van der Waals surface area contributed by atoms with E-state index in [0.29, 0.717) is 18.8 Å². The number of nitriles is 1. The Kier molecular flexibility index (Phi) is 4.43. The van der Waals surface area contributed by atoms with Crippen LogP contribution in [0.15, 0.2) is 18.2 Å². The van der Waals surface area contributed by atoms with Crippen molar-refractivity contribution in [3.8, 4) is 6.07 Å². The highest BCUT2D eigenvalue weighted by molar-refractivity contribution is 5.61. The van der Waals surface area contributed by atoms with Gasteiger partial charge < -0.3 is 10.0 Å². The number of nitrogens with zero attached hydrogens (tertiary/aromatic N) is 2. The van der Waals surface area contributed by atoms with E-state index >= 15 is 0 Å². The van der Waals surface area contributed by atoms with E-state index in [1.165, 1.54) is 6.07 Å². The molecule has 1 aliphatic rings. The van der Waals surface area contributed by atoms with E-state index in [9.17, 15) is 18.3 Å². The van der Waals surface area contributed by atoms with Crippen molar-refractivity contribution in [3.05, 3.63) is 29.3 Å². The van der Waals surface area contributed by atoms with Gasteiger partial charge in [-0.3, -0.25) is 0 Å². The molecule has 1 heterocycles. The maximum absolute atomic E-state index is 12.7. The summed E-state index contributed by atoms with van der Waals surface area (Å²) in [6.45, 7) is 3.02. The lowest BCUT2D eigenvalue weighted by Crippen LogP contribution is -2.37. The van der Waals surface area contributed by atoms with Crippen molar-refractivity contribution in [2.75, 3.05) is 18.0 Å². The molecule has 1 fully saturated rings. The number of alkyl halides is 3. The van der Waals surface area contributed by atoms with Gasteiger partial charge in [-0.15, -0.1) is 0 Å². The molecule has 21 heavy (non-hydrogen) atoms. The van der Waals surface area contributed by atoms with Gasteiger partial charge in [-0.2, -0.15) is 18.4 Å². The summed E-state index contributed by atoms with van der Waals surface area (Å²) >= 11 is 0. The number of hydrogen-bond acceptors (Lipinski definition) is 3. The predicted molar refractivity (Wildman–Crippen MR) is 72.8 cm³/mol. The van der Waals surface area contributed by atoms with Crippen LogP contribution >= 0.6 is 0 Å². The Morgan fingerprint density at radius 2 is 1.95 bits per heavy atom. The van der Waals surface area contributed by atoms with Gasteiger partial charge in [0.1, 0.15) is 6.07 Å². The minimum absolute atomic E-state index is 0.0420. The zero-order valence-corrected chi connectivity index (χ0v) is 11.7. The van der Waals surface area contributed by atoms with Crippen molar-refractivity contribution in [2.45, 2.75) is 32.0 Å². The lowest BCUT2D eigenvalue weighted by Gasteiger charge is -2.35. The summed E-state index contributed by atoms with van der Waals surface area (Å²) in [7, 11) is 0. The minimum atomic E-state index is -4.44. The zero-order valence-electron chi connectivity index (χ0n) is 11.7. The topological polar surface area (TPSA) is 47.3 Å². The molecule has 1 atom stereocenters. The zero-order chi connectivity index (χ0) is 15.6. The molecule has 1 aromatic rings. The minimum Gasteiger partial charge on any atom is -0.393 e. The summed E-state index contributed by atoms with van der Waals surface area (Å²) in [6.07, 6.45) is -3.29. The average molecular weight is 298 g/mol. The molecule has 6 heteroatoms. The maximum atomic E-state index is 12.7. The molecule has 1 saturated heterocycles. The molecule has 1 aromatic carbocycles. The molecule has 1 aliphatic heterocycles. The Labute approximate surface area is 121 Å². The smallest absolute Gasteiger partial charge is 0.393 e. The summed E-state index contributed by atoms with van der Waals surface area (Å²) in [5, 5.41) is 18.7. The van der Waals surface area contributed by atoms with Crippen molar-refractivity contribution in [1.82, 2.24) is 0 Å². The Bertz CT molecular complexity index is 541. The van der Waals surface area contributed by atoms with Crippen LogP contribution in [0.4, 0.5) is 18.9 Å². The van der Waals surface area contributed by atoms with Gasteiger partial charge >= 0.3 is 6.18 Å². The molecule has 1 N–H and O–H groups in total. The second-order valence-corrected chi connectivity index (χ2v) is 5.41. The molecule has 0 spiro atoms.